The lowest BCUT2D eigenvalue weighted by Gasteiger charge is -2.04. The number of para-hydroxylation sites is 1. The van der Waals surface area contributed by atoms with E-state index in [1.54, 1.807) is 6.07 Å². The van der Waals surface area contributed by atoms with Gasteiger partial charge in [0, 0.05) is 11.9 Å². The fraction of sp³-hybridized carbons (Fsp3) is 0.231. The van der Waals surface area contributed by atoms with E-state index in [1.807, 2.05) is 30.3 Å². The zero-order valence-electron chi connectivity index (χ0n) is 9.52. The van der Waals surface area contributed by atoms with Crippen molar-refractivity contribution < 1.29 is 4.79 Å². The van der Waals surface area contributed by atoms with Crippen molar-refractivity contribution in [3.63, 3.8) is 0 Å². The maximum absolute atomic E-state index is 11.7. The number of hydrogen-bond donors (Lipinski definition) is 2. The van der Waals surface area contributed by atoms with Crippen molar-refractivity contribution in [3.05, 3.63) is 42.1 Å². The van der Waals surface area contributed by atoms with Gasteiger partial charge in [0.25, 0.3) is 5.91 Å². The Labute approximate surface area is 99.8 Å². The summed E-state index contributed by atoms with van der Waals surface area (Å²) < 4.78 is 0. The summed E-state index contributed by atoms with van der Waals surface area (Å²) in [6.07, 6.45) is 0.777. The van der Waals surface area contributed by atoms with Crippen LogP contribution in [0.4, 0.5) is 0 Å². The van der Waals surface area contributed by atoms with Crippen LogP contribution in [-0.4, -0.2) is 24.0 Å². The van der Waals surface area contributed by atoms with Gasteiger partial charge in [0.15, 0.2) is 0 Å². The van der Waals surface area contributed by atoms with E-state index in [9.17, 15) is 4.79 Å². The lowest BCUT2D eigenvalue weighted by Crippen LogP contribution is -2.26. The molecule has 0 aliphatic heterocycles. The highest BCUT2D eigenvalue weighted by Gasteiger charge is 2.06. The molecule has 2 rings (SSSR count). The number of nitrogens with one attached hydrogen (secondary N) is 1. The average Bonchev–Trinajstić information content (AvgIpc) is 2.38. The number of nitrogens with zero attached hydrogens (tertiary/aromatic N) is 1. The number of aromatic nitrogens is 1. The van der Waals surface area contributed by atoms with Gasteiger partial charge in [0.05, 0.1) is 5.52 Å². The first-order chi connectivity index (χ1) is 8.31. The van der Waals surface area contributed by atoms with Gasteiger partial charge in [0.2, 0.25) is 0 Å². The van der Waals surface area contributed by atoms with E-state index in [-0.39, 0.29) is 5.91 Å². The van der Waals surface area contributed by atoms with Gasteiger partial charge in [-0.05, 0) is 25.1 Å². The number of carbonyl (C=O) groups excluding carboxylic acids is 1. The predicted octanol–water partition coefficient (Wildman–Crippen LogP) is 1.31. The fourth-order valence-electron chi connectivity index (χ4n) is 1.59. The van der Waals surface area contributed by atoms with E-state index in [4.69, 9.17) is 5.73 Å². The van der Waals surface area contributed by atoms with E-state index in [2.05, 4.69) is 10.3 Å². The summed E-state index contributed by atoms with van der Waals surface area (Å²) in [7, 11) is 0. The average molecular weight is 229 g/mol. The van der Waals surface area contributed by atoms with Crippen LogP contribution in [-0.2, 0) is 0 Å². The van der Waals surface area contributed by atoms with Crippen molar-refractivity contribution in [1.82, 2.24) is 10.3 Å². The molecule has 0 atom stereocenters. The molecular formula is C13H15N3O. The van der Waals surface area contributed by atoms with Crippen molar-refractivity contribution in [2.45, 2.75) is 6.42 Å². The van der Waals surface area contributed by atoms with Crippen LogP contribution in [0.1, 0.15) is 16.9 Å². The van der Waals surface area contributed by atoms with Crippen LogP contribution in [0.25, 0.3) is 10.9 Å². The molecule has 2 aromatic rings. The minimum absolute atomic E-state index is 0.149. The molecule has 1 aromatic heterocycles. The molecule has 0 saturated carbocycles. The van der Waals surface area contributed by atoms with Crippen molar-refractivity contribution in [1.29, 1.82) is 0 Å². The van der Waals surface area contributed by atoms with Gasteiger partial charge in [-0.2, -0.15) is 0 Å². The van der Waals surface area contributed by atoms with Gasteiger partial charge in [-0.15, -0.1) is 0 Å². The summed E-state index contributed by atoms with van der Waals surface area (Å²) in [5.41, 5.74) is 6.64. The minimum atomic E-state index is -0.149. The molecule has 1 heterocycles. The zero-order chi connectivity index (χ0) is 12.1. The summed E-state index contributed by atoms with van der Waals surface area (Å²) in [4.78, 5) is 16.1. The third-order valence-corrected chi connectivity index (χ3v) is 2.50. The van der Waals surface area contributed by atoms with E-state index in [0.29, 0.717) is 18.8 Å². The molecule has 3 N–H and O–H groups in total. The second-order valence-corrected chi connectivity index (χ2v) is 3.79. The molecule has 4 nitrogen and oxygen atoms in total. The Bertz CT molecular complexity index is 525. The molecule has 4 heteroatoms. The summed E-state index contributed by atoms with van der Waals surface area (Å²) in [5, 5.41) is 3.82. The molecule has 1 amide bonds. The number of rotatable bonds is 4. The second kappa shape index (κ2) is 5.41. The first-order valence-corrected chi connectivity index (χ1v) is 5.65. The van der Waals surface area contributed by atoms with Crippen molar-refractivity contribution in [2.75, 3.05) is 13.1 Å². The number of benzene rings is 1. The zero-order valence-corrected chi connectivity index (χ0v) is 9.52. The highest BCUT2D eigenvalue weighted by atomic mass is 16.1. The minimum Gasteiger partial charge on any atom is -0.351 e. The number of carbonyl (C=O) groups is 1. The summed E-state index contributed by atoms with van der Waals surface area (Å²) in [5.74, 6) is -0.149. The monoisotopic (exact) mass is 229 g/mol. The summed E-state index contributed by atoms with van der Waals surface area (Å²) in [6, 6.07) is 11.4. The Kier molecular flexibility index (Phi) is 3.67. The SMILES string of the molecule is NCCCNC(=O)c1ccc2ccccc2n1. The molecule has 0 radical (unpaired) electrons. The van der Waals surface area contributed by atoms with Crippen molar-refractivity contribution in [3.8, 4) is 0 Å². The predicted molar refractivity (Wildman–Crippen MR) is 67.7 cm³/mol. The van der Waals surface area contributed by atoms with Gasteiger partial charge >= 0.3 is 0 Å². The van der Waals surface area contributed by atoms with E-state index in [0.717, 1.165) is 17.3 Å². The second-order valence-electron chi connectivity index (χ2n) is 3.79. The normalized spacial score (nSPS) is 10.4. The van der Waals surface area contributed by atoms with Gasteiger partial charge in [0.1, 0.15) is 5.69 Å². The number of nitrogens with two attached hydrogens (primary N) is 1. The lowest BCUT2D eigenvalue weighted by molar-refractivity contribution is 0.0949. The molecule has 0 fully saturated rings. The summed E-state index contributed by atoms with van der Waals surface area (Å²) in [6.45, 7) is 1.16. The Morgan fingerprint density at radius 1 is 1.24 bits per heavy atom. The topological polar surface area (TPSA) is 68.0 Å². The number of fused-ring (bicyclic) bond motifs is 1. The van der Waals surface area contributed by atoms with E-state index >= 15 is 0 Å². The highest BCUT2D eigenvalue weighted by molar-refractivity contribution is 5.94. The first-order valence-electron chi connectivity index (χ1n) is 5.65. The van der Waals surface area contributed by atoms with Crippen LogP contribution in [0.3, 0.4) is 0 Å². The molecule has 0 bridgehead atoms. The molecule has 17 heavy (non-hydrogen) atoms. The standard InChI is InChI=1S/C13H15N3O/c14-8-3-9-15-13(17)12-7-6-10-4-1-2-5-11(10)16-12/h1-2,4-7H,3,8-9,14H2,(H,15,17). The Morgan fingerprint density at radius 2 is 2.06 bits per heavy atom. The van der Waals surface area contributed by atoms with Gasteiger partial charge in [-0.1, -0.05) is 24.3 Å². The van der Waals surface area contributed by atoms with Crippen LogP contribution in [0.2, 0.25) is 0 Å². The van der Waals surface area contributed by atoms with Gasteiger partial charge in [-0.25, -0.2) is 4.98 Å². The Morgan fingerprint density at radius 3 is 2.88 bits per heavy atom. The molecule has 0 aliphatic carbocycles. The van der Waals surface area contributed by atoms with Crippen LogP contribution in [0, 0.1) is 0 Å². The third kappa shape index (κ3) is 2.79. The van der Waals surface area contributed by atoms with Crippen LogP contribution in [0.15, 0.2) is 36.4 Å². The van der Waals surface area contributed by atoms with Gasteiger partial charge in [-0.3, -0.25) is 4.79 Å². The van der Waals surface area contributed by atoms with Crippen LogP contribution in [0.5, 0.6) is 0 Å². The van der Waals surface area contributed by atoms with Crippen LogP contribution < -0.4 is 11.1 Å². The first kappa shape index (κ1) is 11.5. The molecule has 0 spiro atoms. The van der Waals surface area contributed by atoms with E-state index in [1.165, 1.54) is 0 Å². The number of hydrogen-bond acceptors (Lipinski definition) is 3. The van der Waals surface area contributed by atoms with Crippen molar-refractivity contribution in [2.24, 2.45) is 5.73 Å². The number of pyridine rings is 1. The molecule has 0 unspecified atom stereocenters. The molecule has 1 aromatic carbocycles. The van der Waals surface area contributed by atoms with E-state index < -0.39 is 0 Å². The molecular weight excluding hydrogens is 214 g/mol. The van der Waals surface area contributed by atoms with Crippen molar-refractivity contribution >= 4 is 16.8 Å². The lowest BCUT2D eigenvalue weighted by atomic mass is 10.2. The molecule has 88 valence electrons. The van der Waals surface area contributed by atoms with Gasteiger partial charge < -0.3 is 11.1 Å². The third-order valence-electron chi connectivity index (χ3n) is 2.50. The molecule has 0 saturated heterocycles. The molecule has 0 aliphatic rings. The quantitative estimate of drug-likeness (QED) is 0.777. The fourth-order valence-corrected chi connectivity index (χ4v) is 1.59. The maximum atomic E-state index is 11.7. The number of amides is 1. The highest BCUT2D eigenvalue weighted by Crippen LogP contribution is 2.11. The smallest absolute Gasteiger partial charge is 0.269 e. The Hall–Kier alpha value is -1.94. The largest absolute Gasteiger partial charge is 0.351 e. The maximum Gasteiger partial charge on any atom is 0.269 e. The summed E-state index contributed by atoms with van der Waals surface area (Å²) >= 11 is 0. The van der Waals surface area contributed by atoms with Crippen LogP contribution >= 0.6 is 0 Å². The Balaban J connectivity index is 2.15.